The Morgan fingerprint density at radius 1 is 1.16 bits per heavy atom. The fourth-order valence-corrected chi connectivity index (χ4v) is 5.78. The summed E-state index contributed by atoms with van der Waals surface area (Å²) < 4.78 is 39.2. The predicted molar refractivity (Wildman–Crippen MR) is 130 cm³/mol. The van der Waals surface area contributed by atoms with Gasteiger partial charge in [0.15, 0.2) is 0 Å². The van der Waals surface area contributed by atoms with Gasteiger partial charge < -0.3 is 20.5 Å². The molecule has 1 fully saturated rings. The normalized spacial score (nSPS) is 20.0. The van der Waals surface area contributed by atoms with Crippen LogP contribution in [0.15, 0.2) is 36.9 Å². The molecule has 9 nitrogen and oxygen atoms in total. The molecule has 1 aliphatic rings. The zero-order valence-corrected chi connectivity index (χ0v) is 20.4. The van der Waals surface area contributed by atoms with E-state index < -0.39 is 23.4 Å². The van der Waals surface area contributed by atoms with Crippen molar-refractivity contribution >= 4 is 40.0 Å². The molecule has 4 aromatic rings. The molecular weight excluding hydrogens is 509 g/mol. The maximum atomic E-state index is 13.1. The third-order valence-electron chi connectivity index (χ3n) is 6.80. The molecular formula is C24H23F3N6O3S. The van der Waals surface area contributed by atoms with Crippen LogP contribution in [0, 0.1) is 11.8 Å². The molecule has 1 saturated carbocycles. The van der Waals surface area contributed by atoms with Crippen LogP contribution >= 0.6 is 11.3 Å². The molecule has 5 rings (SSSR count). The Morgan fingerprint density at radius 3 is 2.62 bits per heavy atom. The minimum absolute atomic E-state index is 0.126. The van der Waals surface area contributed by atoms with E-state index in [1.54, 1.807) is 25.3 Å². The van der Waals surface area contributed by atoms with Crippen molar-refractivity contribution in [3.8, 4) is 10.4 Å². The van der Waals surface area contributed by atoms with Crippen LogP contribution < -0.4 is 5.32 Å². The SMILES string of the molecule is C[C@@](O)(c1ncc(-c2cc(Nc3nccc(C(F)(F)F)n3)cc3[nH]cnc23)s1)C1CCC(C(=O)O)CC1. The number of imidazole rings is 1. The molecule has 1 atom stereocenters. The molecule has 1 aliphatic carbocycles. The molecule has 13 heteroatoms. The van der Waals surface area contributed by atoms with Crippen molar-refractivity contribution in [3.63, 3.8) is 0 Å². The highest BCUT2D eigenvalue weighted by molar-refractivity contribution is 7.15. The van der Waals surface area contributed by atoms with E-state index in [2.05, 4.69) is 30.2 Å². The second-order valence-corrected chi connectivity index (χ2v) is 10.3. The highest BCUT2D eigenvalue weighted by Crippen LogP contribution is 2.44. The average Bonchev–Trinajstić information content (AvgIpc) is 3.54. The first kappa shape index (κ1) is 25.1. The molecule has 0 amide bonds. The molecule has 0 spiro atoms. The van der Waals surface area contributed by atoms with Crippen LogP contribution in [0.1, 0.15) is 43.3 Å². The van der Waals surface area contributed by atoms with Gasteiger partial charge in [-0.3, -0.25) is 4.79 Å². The van der Waals surface area contributed by atoms with Gasteiger partial charge in [-0.1, -0.05) is 0 Å². The number of nitrogens with one attached hydrogen (secondary N) is 2. The summed E-state index contributed by atoms with van der Waals surface area (Å²) in [6, 6.07) is 4.21. The number of carboxylic acid groups (broad SMARTS) is 1. The number of hydrogen-bond donors (Lipinski definition) is 4. The van der Waals surface area contributed by atoms with Crippen LogP contribution in [0.4, 0.5) is 24.8 Å². The number of fused-ring (bicyclic) bond motifs is 1. The van der Waals surface area contributed by atoms with Crippen molar-refractivity contribution in [1.82, 2.24) is 24.9 Å². The molecule has 1 aromatic carbocycles. The highest BCUT2D eigenvalue weighted by atomic mass is 32.1. The molecule has 3 heterocycles. The number of aliphatic hydroxyl groups is 1. The first-order valence-corrected chi connectivity index (χ1v) is 12.4. The number of halogens is 3. The summed E-state index contributed by atoms with van der Waals surface area (Å²) >= 11 is 1.29. The number of aromatic nitrogens is 5. The maximum absolute atomic E-state index is 13.1. The smallest absolute Gasteiger partial charge is 0.433 e. The summed E-state index contributed by atoms with van der Waals surface area (Å²) in [6.07, 6.45) is 1.76. The van der Waals surface area contributed by atoms with Crippen molar-refractivity contribution in [2.24, 2.45) is 11.8 Å². The Bertz CT molecular complexity index is 1440. The van der Waals surface area contributed by atoms with Gasteiger partial charge in [0, 0.05) is 23.6 Å². The molecule has 37 heavy (non-hydrogen) atoms. The van der Waals surface area contributed by atoms with Crippen LogP contribution in [0.25, 0.3) is 21.5 Å². The number of H-pyrrole nitrogens is 1. The fraction of sp³-hybridized carbons (Fsp3) is 0.375. The van der Waals surface area contributed by atoms with Gasteiger partial charge in [-0.2, -0.15) is 13.2 Å². The van der Waals surface area contributed by atoms with Crippen molar-refractivity contribution < 1.29 is 28.2 Å². The lowest BCUT2D eigenvalue weighted by molar-refractivity contribution is -0.144. The third-order valence-corrected chi connectivity index (χ3v) is 8.06. The van der Waals surface area contributed by atoms with Gasteiger partial charge in [0.25, 0.3) is 0 Å². The van der Waals surface area contributed by atoms with E-state index in [9.17, 15) is 28.2 Å². The minimum atomic E-state index is -4.60. The molecule has 0 unspecified atom stereocenters. The van der Waals surface area contributed by atoms with Crippen molar-refractivity contribution in [3.05, 3.63) is 47.6 Å². The molecule has 0 saturated heterocycles. The van der Waals surface area contributed by atoms with Crippen molar-refractivity contribution in [2.75, 3.05) is 5.32 Å². The highest BCUT2D eigenvalue weighted by Gasteiger charge is 2.40. The number of nitrogens with zero attached hydrogens (tertiary/aromatic N) is 4. The number of hydrogen-bond acceptors (Lipinski definition) is 8. The molecule has 4 N–H and O–H groups in total. The van der Waals surface area contributed by atoms with Crippen LogP contribution in [0.5, 0.6) is 0 Å². The number of rotatable bonds is 6. The average molecular weight is 533 g/mol. The quantitative estimate of drug-likeness (QED) is 0.261. The molecule has 3 aromatic heterocycles. The van der Waals surface area contributed by atoms with E-state index in [1.807, 2.05) is 0 Å². The van der Waals surface area contributed by atoms with Gasteiger partial charge in [0.05, 0.1) is 28.2 Å². The largest absolute Gasteiger partial charge is 0.481 e. The van der Waals surface area contributed by atoms with E-state index >= 15 is 0 Å². The van der Waals surface area contributed by atoms with Gasteiger partial charge >= 0.3 is 12.1 Å². The number of benzene rings is 1. The summed E-state index contributed by atoms with van der Waals surface area (Å²) in [7, 11) is 0. The summed E-state index contributed by atoms with van der Waals surface area (Å²) in [5.74, 6) is -1.52. The third kappa shape index (κ3) is 5.01. The lowest BCUT2D eigenvalue weighted by Crippen LogP contribution is -2.35. The summed E-state index contributed by atoms with van der Waals surface area (Å²) in [4.78, 5) is 31.3. The Kier molecular flexibility index (Phi) is 6.36. The van der Waals surface area contributed by atoms with Crippen LogP contribution in [0.3, 0.4) is 0 Å². The Hall–Kier alpha value is -3.58. The lowest BCUT2D eigenvalue weighted by atomic mass is 9.74. The number of anilines is 2. The van der Waals surface area contributed by atoms with E-state index in [-0.39, 0.29) is 17.8 Å². The molecule has 0 aliphatic heterocycles. The minimum Gasteiger partial charge on any atom is -0.481 e. The first-order valence-electron chi connectivity index (χ1n) is 11.6. The zero-order valence-electron chi connectivity index (χ0n) is 19.6. The standard InChI is InChI=1S/C24H23F3N6O3S/c1-23(36,13-4-2-12(3-5-13)20(34)35)21-29-10-17(37-21)15-8-14(9-16-19(15)31-11-30-16)32-22-28-7-6-18(33-22)24(25,26)27/h6-13,36H,2-5H2,1H3,(H,30,31)(H,34,35)(H,28,32,33)/t12?,13?,23-/m0/s1. The van der Waals surface area contributed by atoms with E-state index in [0.29, 0.717) is 57.9 Å². The van der Waals surface area contributed by atoms with Crippen LogP contribution in [0.2, 0.25) is 0 Å². The number of thiazole rings is 1. The monoisotopic (exact) mass is 532 g/mol. The summed E-state index contributed by atoms with van der Waals surface area (Å²) in [5, 5.41) is 24.0. The number of carbonyl (C=O) groups is 1. The zero-order chi connectivity index (χ0) is 26.4. The summed E-state index contributed by atoms with van der Waals surface area (Å²) in [6.45, 7) is 1.70. The van der Waals surface area contributed by atoms with Crippen LogP contribution in [-0.4, -0.2) is 41.1 Å². The second kappa shape index (κ2) is 9.38. The Labute approximate surface area is 212 Å². The van der Waals surface area contributed by atoms with Gasteiger partial charge in [-0.05, 0) is 56.7 Å². The van der Waals surface area contributed by atoms with E-state index in [0.717, 1.165) is 12.3 Å². The summed E-state index contributed by atoms with van der Waals surface area (Å²) in [5.41, 5.74) is 0.0911. The van der Waals surface area contributed by atoms with Crippen molar-refractivity contribution in [2.45, 2.75) is 44.4 Å². The van der Waals surface area contributed by atoms with Gasteiger partial charge in [-0.25, -0.2) is 19.9 Å². The van der Waals surface area contributed by atoms with Gasteiger partial charge in [0.1, 0.15) is 16.3 Å². The topological polar surface area (TPSA) is 137 Å². The van der Waals surface area contributed by atoms with Gasteiger partial charge in [0.2, 0.25) is 5.95 Å². The van der Waals surface area contributed by atoms with E-state index in [4.69, 9.17) is 0 Å². The number of aliphatic carboxylic acids is 1. The second-order valence-electron chi connectivity index (χ2n) is 9.27. The fourth-order valence-electron chi connectivity index (χ4n) is 4.73. The molecule has 194 valence electrons. The maximum Gasteiger partial charge on any atom is 0.433 e. The predicted octanol–water partition coefficient (Wildman–Crippen LogP) is 5.34. The molecule has 0 bridgehead atoms. The Morgan fingerprint density at radius 2 is 1.92 bits per heavy atom. The van der Waals surface area contributed by atoms with E-state index in [1.165, 1.54) is 17.7 Å². The number of aromatic amines is 1. The number of alkyl halides is 3. The number of carboxylic acids is 1. The van der Waals surface area contributed by atoms with Gasteiger partial charge in [-0.15, -0.1) is 11.3 Å². The Balaban J connectivity index is 1.43. The van der Waals surface area contributed by atoms with Crippen LogP contribution in [-0.2, 0) is 16.6 Å². The molecule has 0 radical (unpaired) electrons. The lowest BCUT2D eigenvalue weighted by Gasteiger charge is -2.35. The first-order chi connectivity index (χ1) is 17.5. The van der Waals surface area contributed by atoms with Crippen molar-refractivity contribution in [1.29, 1.82) is 0 Å².